The predicted octanol–water partition coefficient (Wildman–Crippen LogP) is 0.136. The molecule has 0 aromatic rings. The van der Waals surface area contributed by atoms with Crippen molar-refractivity contribution in [2.45, 2.75) is 26.4 Å². The first-order valence-electron chi connectivity index (χ1n) is 2.96. The topological polar surface area (TPSA) is 38.7 Å². The zero-order valence-electron chi connectivity index (χ0n) is 5.76. The molecule has 0 saturated heterocycles. The average Bonchev–Trinajstić information content (AvgIpc) is 1.89. The van der Waals surface area contributed by atoms with Gasteiger partial charge in [-0.3, -0.25) is 0 Å². The Morgan fingerprint density at radius 3 is 3.00 bits per heavy atom. The molecule has 0 aliphatic heterocycles. The average molecular weight is 145 g/mol. The van der Waals surface area contributed by atoms with Crippen LogP contribution in [0, 0.1) is 0 Å². The molecular formula is C5H11NO2Si. The molecule has 1 unspecified atom stereocenters. The zero-order valence-corrected chi connectivity index (χ0v) is 7.17. The Morgan fingerprint density at radius 2 is 2.56 bits per heavy atom. The van der Waals surface area contributed by atoms with Gasteiger partial charge in [0.25, 0.3) is 0 Å². The molecule has 0 heterocycles. The van der Waals surface area contributed by atoms with E-state index in [1.165, 1.54) is 6.08 Å². The van der Waals surface area contributed by atoms with E-state index in [0.717, 1.165) is 6.42 Å². The zero-order chi connectivity index (χ0) is 7.11. The van der Waals surface area contributed by atoms with Crippen LogP contribution in [0.1, 0.15) is 20.3 Å². The van der Waals surface area contributed by atoms with E-state index < -0.39 is 9.92 Å². The molecule has 3 nitrogen and oxygen atoms in total. The van der Waals surface area contributed by atoms with Gasteiger partial charge in [0, 0.05) is 6.10 Å². The fraction of sp³-hybridized carbons (Fsp3) is 0.800. The maximum atomic E-state index is 9.54. The van der Waals surface area contributed by atoms with Crippen molar-refractivity contribution in [3.63, 3.8) is 0 Å². The summed E-state index contributed by atoms with van der Waals surface area (Å²) in [6.45, 7) is 4.00. The van der Waals surface area contributed by atoms with Crippen LogP contribution in [0.4, 0.5) is 0 Å². The summed E-state index contributed by atoms with van der Waals surface area (Å²) in [6.07, 6.45) is 2.68. The van der Waals surface area contributed by atoms with E-state index in [1.807, 2.05) is 13.8 Å². The van der Waals surface area contributed by atoms with Gasteiger partial charge in [0.1, 0.15) is 0 Å². The molecule has 0 amide bonds. The molecule has 9 heavy (non-hydrogen) atoms. The third-order valence-corrected chi connectivity index (χ3v) is 2.04. The van der Waals surface area contributed by atoms with Gasteiger partial charge in [-0.05, 0) is 13.3 Å². The van der Waals surface area contributed by atoms with E-state index in [2.05, 4.69) is 4.66 Å². The monoisotopic (exact) mass is 145 g/mol. The number of nitrogens with zero attached hydrogens (tertiary/aromatic N) is 1. The predicted molar refractivity (Wildman–Crippen MR) is 37.5 cm³/mol. The highest BCUT2D eigenvalue weighted by Crippen LogP contribution is 1.92. The second-order valence-electron chi connectivity index (χ2n) is 1.76. The summed E-state index contributed by atoms with van der Waals surface area (Å²) >= 11 is 0. The first kappa shape index (κ1) is 8.56. The fourth-order valence-electron chi connectivity index (χ4n) is 0.309. The Kier molecular flexibility index (Phi) is 5.41. The van der Waals surface area contributed by atoms with Crippen molar-refractivity contribution in [1.29, 1.82) is 0 Å². The Hall–Kier alpha value is -0.443. The van der Waals surface area contributed by atoms with Gasteiger partial charge in [0.15, 0.2) is 0 Å². The third-order valence-electron chi connectivity index (χ3n) is 1.06. The first-order valence-corrected chi connectivity index (χ1v) is 4.17. The molecule has 0 N–H and O–H groups in total. The van der Waals surface area contributed by atoms with E-state index in [9.17, 15) is 4.79 Å². The van der Waals surface area contributed by atoms with Gasteiger partial charge in [0.2, 0.25) is 6.08 Å². The Morgan fingerprint density at radius 1 is 1.89 bits per heavy atom. The van der Waals surface area contributed by atoms with Crippen LogP contribution in [-0.2, 0) is 9.22 Å². The summed E-state index contributed by atoms with van der Waals surface area (Å²) in [5.41, 5.74) is 0. The summed E-state index contributed by atoms with van der Waals surface area (Å²) in [7, 11) is -0.946. The lowest BCUT2D eigenvalue weighted by Crippen LogP contribution is -2.08. The lowest BCUT2D eigenvalue weighted by atomic mass is 10.3. The minimum absolute atomic E-state index is 0.244. The van der Waals surface area contributed by atoms with Gasteiger partial charge in [-0.15, -0.1) is 0 Å². The summed E-state index contributed by atoms with van der Waals surface area (Å²) < 4.78 is 8.51. The second kappa shape index (κ2) is 5.69. The van der Waals surface area contributed by atoms with Gasteiger partial charge in [-0.2, -0.15) is 0 Å². The summed E-state index contributed by atoms with van der Waals surface area (Å²) in [6, 6.07) is 0. The largest absolute Gasteiger partial charge is 0.399 e. The molecule has 52 valence electrons. The Labute approximate surface area is 57.1 Å². The van der Waals surface area contributed by atoms with Gasteiger partial charge >= 0.3 is 9.92 Å². The van der Waals surface area contributed by atoms with Gasteiger partial charge in [-0.25, -0.2) is 9.45 Å². The van der Waals surface area contributed by atoms with Crippen molar-refractivity contribution < 1.29 is 9.22 Å². The Balaban J connectivity index is 3.16. The minimum atomic E-state index is -0.946. The number of carbonyl (C=O) groups excluding carboxylic acids is 1. The summed E-state index contributed by atoms with van der Waals surface area (Å²) in [4.78, 5) is 9.54. The number of hydrogen-bond acceptors (Lipinski definition) is 3. The molecule has 0 aliphatic carbocycles. The lowest BCUT2D eigenvalue weighted by Gasteiger charge is -2.05. The summed E-state index contributed by atoms with van der Waals surface area (Å²) in [5, 5.41) is 0. The molecule has 0 aromatic heterocycles. The fourth-order valence-corrected chi connectivity index (χ4v) is 0.926. The maximum Gasteiger partial charge on any atom is 0.302 e. The van der Waals surface area contributed by atoms with E-state index >= 15 is 0 Å². The molecule has 0 bridgehead atoms. The number of isocyanates is 1. The van der Waals surface area contributed by atoms with Crippen molar-refractivity contribution in [2.75, 3.05) is 0 Å². The smallest absolute Gasteiger partial charge is 0.302 e. The highest BCUT2D eigenvalue weighted by molar-refractivity contribution is 6.26. The third kappa shape index (κ3) is 5.43. The van der Waals surface area contributed by atoms with E-state index in [1.54, 1.807) is 0 Å². The van der Waals surface area contributed by atoms with Crippen LogP contribution in [0.5, 0.6) is 0 Å². The maximum absolute atomic E-state index is 9.54. The standard InChI is InChI=1S/C5H11NO2Si/c1-3-5(2)8-9-6-4-7/h5H,3,9H2,1-2H3. The van der Waals surface area contributed by atoms with Crippen LogP contribution in [0.3, 0.4) is 0 Å². The van der Waals surface area contributed by atoms with Crippen molar-refractivity contribution >= 4 is 16.0 Å². The molecule has 1 atom stereocenters. The number of rotatable bonds is 4. The van der Waals surface area contributed by atoms with Crippen LogP contribution >= 0.6 is 0 Å². The normalized spacial score (nSPS) is 13.6. The molecule has 4 heteroatoms. The molecule has 0 aromatic carbocycles. The first-order chi connectivity index (χ1) is 4.31. The molecule has 0 radical (unpaired) electrons. The lowest BCUT2D eigenvalue weighted by molar-refractivity contribution is 0.229. The molecule has 0 aliphatic rings. The molecule has 0 saturated carbocycles. The van der Waals surface area contributed by atoms with E-state index in [0.29, 0.717) is 0 Å². The van der Waals surface area contributed by atoms with Gasteiger partial charge in [0.05, 0.1) is 0 Å². The van der Waals surface area contributed by atoms with Crippen molar-refractivity contribution in [2.24, 2.45) is 4.66 Å². The van der Waals surface area contributed by atoms with Crippen LogP contribution in [0.15, 0.2) is 4.66 Å². The second-order valence-corrected chi connectivity index (χ2v) is 2.67. The Bertz CT molecular complexity index is 112. The van der Waals surface area contributed by atoms with E-state index in [-0.39, 0.29) is 6.10 Å². The van der Waals surface area contributed by atoms with E-state index in [4.69, 9.17) is 4.43 Å². The molecule has 0 fully saturated rings. The van der Waals surface area contributed by atoms with Crippen molar-refractivity contribution in [3.05, 3.63) is 0 Å². The van der Waals surface area contributed by atoms with Gasteiger partial charge < -0.3 is 4.43 Å². The van der Waals surface area contributed by atoms with Crippen molar-refractivity contribution in [3.8, 4) is 0 Å². The number of hydrogen-bond donors (Lipinski definition) is 0. The minimum Gasteiger partial charge on any atom is -0.399 e. The highest BCUT2D eigenvalue weighted by Gasteiger charge is 1.94. The van der Waals surface area contributed by atoms with Crippen LogP contribution < -0.4 is 0 Å². The van der Waals surface area contributed by atoms with Crippen LogP contribution in [0.2, 0.25) is 0 Å². The van der Waals surface area contributed by atoms with Crippen molar-refractivity contribution in [1.82, 2.24) is 0 Å². The van der Waals surface area contributed by atoms with Crippen LogP contribution in [-0.4, -0.2) is 22.1 Å². The molecule has 0 spiro atoms. The summed E-state index contributed by atoms with van der Waals surface area (Å²) in [5.74, 6) is 0. The molecule has 0 rings (SSSR count). The van der Waals surface area contributed by atoms with Crippen LogP contribution in [0.25, 0.3) is 0 Å². The van der Waals surface area contributed by atoms with Gasteiger partial charge in [-0.1, -0.05) is 6.92 Å². The molecular weight excluding hydrogens is 134 g/mol. The quantitative estimate of drug-likeness (QED) is 0.320. The SMILES string of the molecule is CCC(C)O[SiH2]N=C=O. The highest BCUT2D eigenvalue weighted by atomic mass is 28.2.